The number of amides is 2. The smallest absolute Gasteiger partial charge is 0.223 e. The quantitative estimate of drug-likeness (QED) is 0.552. The molecular weight excluding hydrogens is 306 g/mol. The van der Waals surface area contributed by atoms with Gasteiger partial charge >= 0.3 is 0 Å². The molecule has 0 aromatic heterocycles. The van der Waals surface area contributed by atoms with Crippen LogP contribution in [0.25, 0.3) is 0 Å². The summed E-state index contributed by atoms with van der Waals surface area (Å²) >= 11 is 0. The molecule has 2 fully saturated rings. The highest BCUT2D eigenvalue weighted by Gasteiger charge is 2.29. The molecule has 0 radical (unpaired) electrons. The SMILES string of the molecule is COCCNCCNC(=O)C1CCC(NC(=O)C2CCCC2)CC1. The second-order valence-electron chi connectivity index (χ2n) is 7.07. The Morgan fingerprint density at radius 3 is 2.21 bits per heavy atom. The topological polar surface area (TPSA) is 79.5 Å². The summed E-state index contributed by atoms with van der Waals surface area (Å²) in [5.41, 5.74) is 0. The number of hydrogen-bond acceptors (Lipinski definition) is 4. The molecule has 0 aromatic rings. The van der Waals surface area contributed by atoms with Crippen molar-refractivity contribution < 1.29 is 14.3 Å². The first-order valence-corrected chi connectivity index (χ1v) is 9.48. The average molecular weight is 339 g/mol. The molecule has 0 aromatic carbocycles. The van der Waals surface area contributed by atoms with E-state index >= 15 is 0 Å². The highest BCUT2D eigenvalue weighted by Crippen LogP contribution is 2.27. The van der Waals surface area contributed by atoms with E-state index in [0.29, 0.717) is 13.2 Å². The molecule has 0 heterocycles. The van der Waals surface area contributed by atoms with Gasteiger partial charge in [0.15, 0.2) is 0 Å². The van der Waals surface area contributed by atoms with Crippen molar-refractivity contribution >= 4 is 11.8 Å². The van der Waals surface area contributed by atoms with E-state index in [9.17, 15) is 9.59 Å². The van der Waals surface area contributed by atoms with Crippen LogP contribution in [0.5, 0.6) is 0 Å². The Morgan fingerprint density at radius 1 is 0.875 bits per heavy atom. The minimum absolute atomic E-state index is 0.101. The van der Waals surface area contributed by atoms with E-state index in [1.807, 2.05) is 0 Å². The fourth-order valence-corrected chi connectivity index (χ4v) is 3.72. The maximum absolute atomic E-state index is 12.2. The van der Waals surface area contributed by atoms with Crippen LogP contribution in [0.4, 0.5) is 0 Å². The van der Waals surface area contributed by atoms with Gasteiger partial charge in [-0.25, -0.2) is 0 Å². The van der Waals surface area contributed by atoms with Gasteiger partial charge in [-0.3, -0.25) is 9.59 Å². The molecule has 0 bridgehead atoms. The van der Waals surface area contributed by atoms with Gasteiger partial charge in [-0.05, 0) is 38.5 Å². The molecule has 24 heavy (non-hydrogen) atoms. The lowest BCUT2D eigenvalue weighted by Gasteiger charge is -2.29. The second-order valence-corrected chi connectivity index (χ2v) is 7.07. The van der Waals surface area contributed by atoms with Crippen LogP contribution >= 0.6 is 0 Å². The summed E-state index contributed by atoms with van der Waals surface area (Å²) < 4.78 is 4.95. The van der Waals surface area contributed by atoms with Crippen molar-refractivity contribution in [2.45, 2.75) is 57.4 Å². The molecule has 0 unspecified atom stereocenters. The van der Waals surface area contributed by atoms with Crippen LogP contribution in [-0.2, 0) is 14.3 Å². The molecule has 0 spiro atoms. The van der Waals surface area contributed by atoms with Gasteiger partial charge in [-0.2, -0.15) is 0 Å². The molecule has 138 valence electrons. The summed E-state index contributed by atoms with van der Waals surface area (Å²) in [5.74, 6) is 0.729. The first kappa shape index (κ1) is 19.2. The van der Waals surface area contributed by atoms with Crippen LogP contribution < -0.4 is 16.0 Å². The van der Waals surface area contributed by atoms with Crippen LogP contribution in [0, 0.1) is 11.8 Å². The molecule has 2 rings (SSSR count). The van der Waals surface area contributed by atoms with Gasteiger partial charge in [0.25, 0.3) is 0 Å². The lowest BCUT2D eigenvalue weighted by molar-refractivity contribution is -0.126. The normalized spacial score (nSPS) is 24.7. The molecule has 3 N–H and O–H groups in total. The van der Waals surface area contributed by atoms with Gasteiger partial charge in [-0.15, -0.1) is 0 Å². The minimum Gasteiger partial charge on any atom is -0.383 e. The van der Waals surface area contributed by atoms with Gasteiger partial charge in [0.1, 0.15) is 0 Å². The van der Waals surface area contributed by atoms with Crippen molar-refractivity contribution in [3.8, 4) is 0 Å². The Kier molecular flexibility index (Phi) is 8.53. The fourth-order valence-electron chi connectivity index (χ4n) is 3.72. The van der Waals surface area contributed by atoms with E-state index < -0.39 is 0 Å². The van der Waals surface area contributed by atoms with E-state index in [4.69, 9.17) is 4.74 Å². The lowest BCUT2D eigenvalue weighted by Crippen LogP contribution is -2.43. The number of methoxy groups -OCH3 is 1. The van der Waals surface area contributed by atoms with Crippen LogP contribution in [0.15, 0.2) is 0 Å². The monoisotopic (exact) mass is 339 g/mol. The van der Waals surface area contributed by atoms with Gasteiger partial charge in [-0.1, -0.05) is 12.8 Å². The number of carbonyl (C=O) groups excluding carboxylic acids is 2. The zero-order valence-corrected chi connectivity index (χ0v) is 14.9. The fraction of sp³-hybridized carbons (Fsp3) is 0.889. The van der Waals surface area contributed by atoms with E-state index in [1.54, 1.807) is 7.11 Å². The van der Waals surface area contributed by atoms with Crippen LogP contribution in [0.3, 0.4) is 0 Å². The molecule has 6 nitrogen and oxygen atoms in total. The summed E-state index contributed by atoms with van der Waals surface area (Å²) in [5, 5.41) is 9.41. The van der Waals surface area contributed by atoms with Crippen molar-refractivity contribution in [2.24, 2.45) is 11.8 Å². The molecule has 2 amide bonds. The summed E-state index contributed by atoms with van der Waals surface area (Å²) in [6, 6.07) is 0.262. The zero-order chi connectivity index (χ0) is 17.2. The maximum Gasteiger partial charge on any atom is 0.223 e. The van der Waals surface area contributed by atoms with Gasteiger partial charge in [0.2, 0.25) is 11.8 Å². The second kappa shape index (κ2) is 10.7. The van der Waals surface area contributed by atoms with E-state index in [0.717, 1.165) is 51.6 Å². The Bertz CT molecular complexity index is 389. The maximum atomic E-state index is 12.2. The predicted molar refractivity (Wildman–Crippen MR) is 93.6 cm³/mol. The van der Waals surface area contributed by atoms with Crippen LogP contribution in [0.1, 0.15) is 51.4 Å². The number of hydrogen-bond donors (Lipinski definition) is 3. The molecule has 0 aliphatic heterocycles. The molecular formula is C18H33N3O3. The third-order valence-corrected chi connectivity index (χ3v) is 5.25. The average Bonchev–Trinajstić information content (AvgIpc) is 3.13. The zero-order valence-electron chi connectivity index (χ0n) is 14.9. The number of ether oxygens (including phenoxy) is 1. The largest absolute Gasteiger partial charge is 0.383 e. The Morgan fingerprint density at radius 2 is 1.54 bits per heavy atom. The first-order valence-electron chi connectivity index (χ1n) is 9.48. The first-order chi connectivity index (χ1) is 11.7. The molecule has 2 aliphatic rings. The summed E-state index contributed by atoms with van der Waals surface area (Å²) in [4.78, 5) is 24.3. The number of carbonyl (C=O) groups is 2. The molecule has 0 saturated heterocycles. The molecule has 6 heteroatoms. The Balaban J connectivity index is 1.56. The highest BCUT2D eigenvalue weighted by atomic mass is 16.5. The summed E-state index contributed by atoms with van der Waals surface area (Å²) in [6.07, 6.45) is 8.04. The third kappa shape index (κ3) is 6.40. The molecule has 2 saturated carbocycles. The summed E-state index contributed by atoms with van der Waals surface area (Å²) in [7, 11) is 1.68. The Hall–Kier alpha value is -1.14. The van der Waals surface area contributed by atoms with E-state index in [2.05, 4.69) is 16.0 Å². The predicted octanol–water partition coefficient (Wildman–Crippen LogP) is 1.20. The third-order valence-electron chi connectivity index (χ3n) is 5.25. The van der Waals surface area contributed by atoms with E-state index in [-0.39, 0.29) is 29.7 Å². The van der Waals surface area contributed by atoms with Crippen molar-refractivity contribution in [1.29, 1.82) is 0 Å². The van der Waals surface area contributed by atoms with Crippen molar-refractivity contribution in [3.05, 3.63) is 0 Å². The van der Waals surface area contributed by atoms with Crippen LogP contribution in [0.2, 0.25) is 0 Å². The lowest BCUT2D eigenvalue weighted by atomic mass is 9.85. The van der Waals surface area contributed by atoms with Crippen LogP contribution in [-0.4, -0.2) is 51.2 Å². The minimum atomic E-state index is 0.101. The number of nitrogens with one attached hydrogen (secondary N) is 3. The highest BCUT2D eigenvalue weighted by molar-refractivity contribution is 5.80. The van der Waals surface area contributed by atoms with Gasteiger partial charge in [0, 0.05) is 44.6 Å². The van der Waals surface area contributed by atoms with Crippen molar-refractivity contribution in [3.63, 3.8) is 0 Å². The standard InChI is InChI=1S/C18H33N3O3/c1-24-13-12-19-10-11-20-17(22)15-6-8-16(9-7-15)21-18(23)14-4-2-3-5-14/h14-16,19H,2-13H2,1H3,(H,20,22)(H,21,23). The summed E-state index contributed by atoms with van der Waals surface area (Å²) in [6.45, 7) is 2.91. The number of rotatable bonds is 9. The van der Waals surface area contributed by atoms with Crippen molar-refractivity contribution in [1.82, 2.24) is 16.0 Å². The molecule has 0 atom stereocenters. The van der Waals surface area contributed by atoms with Gasteiger partial charge in [0.05, 0.1) is 6.61 Å². The Labute approximate surface area is 145 Å². The van der Waals surface area contributed by atoms with E-state index in [1.165, 1.54) is 12.8 Å². The molecule has 2 aliphatic carbocycles. The van der Waals surface area contributed by atoms with Gasteiger partial charge < -0.3 is 20.7 Å². The van der Waals surface area contributed by atoms with Crippen molar-refractivity contribution in [2.75, 3.05) is 33.4 Å².